The maximum atomic E-state index is 11.3. The molecular weight excluding hydrogens is 585 g/mol. The maximum Gasteiger partial charge on any atom is 0.336 e. The largest absolute Gasteiger partial charge is 0.478 e. The lowest BCUT2D eigenvalue weighted by atomic mass is 9.84. The summed E-state index contributed by atoms with van der Waals surface area (Å²) in [6.07, 6.45) is 4.45. The highest BCUT2D eigenvalue weighted by Crippen LogP contribution is 2.42. The first-order valence-electron chi connectivity index (χ1n) is 14.5. The van der Waals surface area contributed by atoms with Gasteiger partial charge in [-0.3, -0.25) is 9.58 Å². The van der Waals surface area contributed by atoms with E-state index in [0.717, 1.165) is 47.4 Å². The van der Waals surface area contributed by atoms with Gasteiger partial charge in [0, 0.05) is 44.1 Å². The molecule has 2 fully saturated rings. The van der Waals surface area contributed by atoms with Crippen molar-refractivity contribution in [1.82, 2.24) is 14.7 Å². The van der Waals surface area contributed by atoms with Crippen molar-refractivity contribution >= 4 is 51.4 Å². The highest BCUT2D eigenvalue weighted by molar-refractivity contribution is 7.10. The average Bonchev–Trinajstić information content (AvgIpc) is 3.61. The summed E-state index contributed by atoms with van der Waals surface area (Å²) in [5.74, 6) is -0.422. The van der Waals surface area contributed by atoms with Crippen molar-refractivity contribution in [2.45, 2.75) is 50.1 Å². The van der Waals surface area contributed by atoms with E-state index in [1.807, 2.05) is 30.3 Å². The predicted octanol–water partition coefficient (Wildman–Crippen LogP) is 9.00. The van der Waals surface area contributed by atoms with Gasteiger partial charge in [-0.2, -0.15) is 5.10 Å². The predicted molar refractivity (Wildman–Crippen MR) is 170 cm³/mol. The van der Waals surface area contributed by atoms with Gasteiger partial charge in [-0.15, -0.1) is 11.3 Å². The Labute approximate surface area is 259 Å². The van der Waals surface area contributed by atoms with E-state index in [-0.39, 0.29) is 5.92 Å². The smallest absolute Gasteiger partial charge is 0.336 e. The van der Waals surface area contributed by atoms with Gasteiger partial charge in [-0.1, -0.05) is 53.5 Å². The molecule has 1 aliphatic carbocycles. The number of nitrogens with zero attached hydrogens (tertiary/aromatic N) is 3. The maximum absolute atomic E-state index is 11.3. The number of aromatic carboxylic acids is 1. The SMILES string of the molecule is O=C(O)c1csc(CN2CCC(c3nn(C4CC4)c4ccc(C(c5ccc(Cl)cc5)c5ccc(Cl)cc5)cc34)CC2)c1. The summed E-state index contributed by atoms with van der Waals surface area (Å²) in [5, 5.41) is 19.0. The lowest BCUT2D eigenvalue weighted by Gasteiger charge is -2.31. The first-order valence-corrected chi connectivity index (χ1v) is 16.1. The van der Waals surface area contributed by atoms with Crippen LogP contribution in [0.2, 0.25) is 10.0 Å². The Hall–Kier alpha value is -3.16. The van der Waals surface area contributed by atoms with Gasteiger partial charge in [-0.05, 0) is 97.9 Å². The zero-order chi connectivity index (χ0) is 28.8. The van der Waals surface area contributed by atoms with Crippen molar-refractivity contribution in [2.24, 2.45) is 0 Å². The van der Waals surface area contributed by atoms with E-state index in [4.69, 9.17) is 28.3 Å². The number of carboxylic acid groups (broad SMARTS) is 1. The van der Waals surface area contributed by atoms with Crippen LogP contribution in [0.5, 0.6) is 0 Å². The minimum Gasteiger partial charge on any atom is -0.478 e. The molecule has 2 aromatic heterocycles. The first kappa shape index (κ1) is 27.7. The molecule has 5 aromatic rings. The molecule has 2 aliphatic rings. The van der Waals surface area contributed by atoms with Crippen LogP contribution < -0.4 is 0 Å². The third kappa shape index (κ3) is 5.61. The monoisotopic (exact) mass is 615 g/mol. The molecule has 0 spiro atoms. The molecule has 1 saturated heterocycles. The summed E-state index contributed by atoms with van der Waals surface area (Å²) < 4.78 is 2.28. The quantitative estimate of drug-likeness (QED) is 0.177. The van der Waals surface area contributed by atoms with Crippen LogP contribution in [0.1, 0.15) is 81.2 Å². The molecule has 1 saturated carbocycles. The standard InChI is InChI=1S/C34H31Cl2N3O2S/c35-26-6-1-21(2-7-26)32(22-3-8-27(36)9-4-22)24-5-12-31-30(18-24)33(37-39(31)28-10-11-28)23-13-15-38(16-14-23)19-29-17-25(20-42-29)34(40)41/h1-9,12,17-18,20,23,28,32H,10-11,13-16,19H2,(H,40,41). The number of likely N-dealkylation sites (tertiary alicyclic amines) is 1. The number of carbonyl (C=O) groups is 1. The third-order valence-corrected chi connectivity index (χ3v) is 10.1. The Kier molecular flexibility index (Phi) is 7.57. The summed E-state index contributed by atoms with van der Waals surface area (Å²) in [5.41, 5.74) is 6.43. The van der Waals surface area contributed by atoms with E-state index < -0.39 is 5.97 Å². The Balaban J connectivity index is 1.21. The molecule has 0 bridgehead atoms. The van der Waals surface area contributed by atoms with Crippen molar-refractivity contribution in [1.29, 1.82) is 0 Å². The first-order chi connectivity index (χ1) is 20.4. The Morgan fingerprint density at radius 2 is 1.50 bits per heavy atom. The van der Waals surface area contributed by atoms with Gasteiger partial charge in [0.15, 0.2) is 0 Å². The van der Waals surface area contributed by atoms with Gasteiger partial charge in [0.25, 0.3) is 0 Å². The lowest BCUT2D eigenvalue weighted by Crippen LogP contribution is -2.32. The normalized spacial score (nSPS) is 16.5. The zero-order valence-corrected chi connectivity index (χ0v) is 25.4. The number of hydrogen-bond donors (Lipinski definition) is 1. The van der Waals surface area contributed by atoms with Crippen LogP contribution in [0, 0.1) is 0 Å². The number of halogens is 2. The van der Waals surface area contributed by atoms with Crippen LogP contribution in [-0.2, 0) is 6.54 Å². The summed E-state index contributed by atoms with van der Waals surface area (Å²) in [6.45, 7) is 2.75. The van der Waals surface area contributed by atoms with Crippen LogP contribution in [0.4, 0.5) is 0 Å². The fourth-order valence-corrected chi connectivity index (χ4v) is 7.46. The Morgan fingerprint density at radius 1 is 0.881 bits per heavy atom. The summed E-state index contributed by atoms with van der Waals surface area (Å²) >= 11 is 14.1. The Bertz CT molecular complexity index is 1690. The van der Waals surface area contributed by atoms with Crippen LogP contribution in [0.25, 0.3) is 10.9 Å². The number of benzene rings is 3. The van der Waals surface area contributed by atoms with E-state index >= 15 is 0 Å². The number of carboxylic acids is 1. The topological polar surface area (TPSA) is 58.4 Å². The van der Waals surface area contributed by atoms with Crippen molar-refractivity contribution < 1.29 is 9.90 Å². The molecule has 5 nitrogen and oxygen atoms in total. The summed E-state index contributed by atoms with van der Waals surface area (Å²) in [7, 11) is 0. The number of fused-ring (bicyclic) bond motifs is 1. The van der Waals surface area contributed by atoms with Gasteiger partial charge in [0.2, 0.25) is 0 Å². The second-order valence-corrected chi connectivity index (χ2v) is 13.4. The molecular formula is C34H31Cl2N3O2S. The molecule has 0 atom stereocenters. The molecule has 0 radical (unpaired) electrons. The van der Waals surface area contributed by atoms with E-state index in [2.05, 4.69) is 52.0 Å². The third-order valence-electron chi connectivity index (χ3n) is 8.65. The fraction of sp³-hybridized carbons (Fsp3) is 0.294. The molecule has 214 valence electrons. The van der Waals surface area contributed by atoms with Crippen LogP contribution in [0.3, 0.4) is 0 Å². The van der Waals surface area contributed by atoms with Crippen molar-refractivity contribution in [3.63, 3.8) is 0 Å². The number of piperidine rings is 1. The highest BCUT2D eigenvalue weighted by Gasteiger charge is 2.31. The molecule has 8 heteroatoms. The van der Waals surface area contributed by atoms with Crippen molar-refractivity contribution in [3.8, 4) is 0 Å². The minimum absolute atomic E-state index is 0.0457. The van der Waals surface area contributed by atoms with E-state index in [0.29, 0.717) is 17.5 Å². The molecule has 3 heterocycles. The highest BCUT2D eigenvalue weighted by atomic mass is 35.5. The Morgan fingerprint density at radius 3 is 2.07 bits per heavy atom. The molecule has 42 heavy (non-hydrogen) atoms. The second-order valence-electron chi connectivity index (χ2n) is 11.5. The second kappa shape index (κ2) is 11.5. The van der Waals surface area contributed by atoms with Crippen molar-refractivity contribution in [2.75, 3.05) is 13.1 Å². The van der Waals surface area contributed by atoms with Gasteiger partial charge in [0.1, 0.15) is 0 Å². The van der Waals surface area contributed by atoms with Crippen LogP contribution in [-0.4, -0.2) is 38.8 Å². The number of rotatable bonds is 8. The average molecular weight is 617 g/mol. The van der Waals surface area contributed by atoms with Crippen LogP contribution >= 0.6 is 34.5 Å². The number of thiophene rings is 1. The molecule has 1 aliphatic heterocycles. The zero-order valence-electron chi connectivity index (χ0n) is 23.0. The molecule has 3 aromatic carbocycles. The molecule has 0 amide bonds. The number of hydrogen-bond acceptors (Lipinski definition) is 4. The van der Waals surface area contributed by atoms with Gasteiger partial charge < -0.3 is 5.11 Å². The van der Waals surface area contributed by atoms with E-state index in [1.54, 1.807) is 5.38 Å². The molecule has 7 rings (SSSR count). The lowest BCUT2D eigenvalue weighted by molar-refractivity contribution is 0.0697. The summed E-state index contributed by atoms with van der Waals surface area (Å²) in [4.78, 5) is 14.8. The fourth-order valence-electron chi connectivity index (χ4n) is 6.31. The van der Waals surface area contributed by atoms with Crippen molar-refractivity contribution in [3.05, 3.63) is 121 Å². The summed E-state index contributed by atoms with van der Waals surface area (Å²) in [6, 6.07) is 25.5. The van der Waals surface area contributed by atoms with E-state index in [9.17, 15) is 9.90 Å². The minimum atomic E-state index is -0.858. The molecule has 0 unspecified atom stereocenters. The van der Waals surface area contributed by atoms with E-state index in [1.165, 1.54) is 57.5 Å². The number of aromatic nitrogens is 2. The molecule has 1 N–H and O–H groups in total. The van der Waals surface area contributed by atoms with Crippen LogP contribution in [0.15, 0.2) is 78.2 Å². The van der Waals surface area contributed by atoms with Gasteiger partial charge >= 0.3 is 5.97 Å². The van der Waals surface area contributed by atoms with Gasteiger partial charge in [-0.25, -0.2) is 4.79 Å². The van der Waals surface area contributed by atoms with Gasteiger partial charge in [0.05, 0.1) is 22.8 Å².